The Morgan fingerprint density at radius 1 is 1.22 bits per heavy atom. The average molecular weight is 341 g/mol. The van der Waals surface area contributed by atoms with E-state index in [1.807, 2.05) is 0 Å². The first-order valence-corrected chi connectivity index (χ1v) is 9.12. The van der Waals surface area contributed by atoms with Crippen LogP contribution < -0.4 is 4.74 Å². The zero-order valence-corrected chi connectivity index (χ0v) is 14.6. The summed E-state index contributed by atoms with van der Waals surface area (Å²) in [7, 11) is 0. The van der Waals surface area contributed by atoms with Crippen LogP contribution in [-0.4, -0.2) is 5.97 Å². The number of benzene rings is 1. The summed E-state index contributed by atoms with van der Waals surface area (Å²) in [5, 5.41) is 0.0321. The molecule has 1 aliphatic carbocycles. The highest BCUT2D eigenvalue weighted by Crippen LogP contribution is 2.34. The van der Waals surface area contributed by atoms with E-state index in [0.29, 0.717) is 12.3 Å². The van der Waals surface area contributed by atoms with Crippen molar-refractivity contribution in [3.63, 3.8) is 0 Å². The number of rotatable bonds is 7. The molecule has 23 heavy (non-hydrogen) atoms. The topological polar surface area (TPSA) is 26.3 Å². The van der Waals surface area contributed by atoms with Crippen LogP contribution in [-0.2, 0) is 4.79 Å². The van der Waals surface area contributed by atoms with Crippen molar-refractivity contribution in [2.75, 3.05) is 0 Å². The Morgan fingerprint density at radius 3 is 2.48 bits per heavy atom. The summed E-state index contributed by atoms with van der Waals surface area (Å²) < 4.78 is 18.5. The summed E-state index contributed by atoms with van der Waals surface area (Å²) >= 11 is 5.61. The SMILES string of the molecule is CCCC[C@H]1CC[C@H](CCC(=O)Oc2ccc(Cl)c(F)c2)CC1. The quantitative estimate of drug-likeness (QED) is 0.438. The molecule has 0 aliphatic heterocycles. The first kappa shape index (κ1) is 18.3. The lowest BCUT2D eigenvalue weighted by Crippen LogP contribution is -2.17. The van der Waals surface area contributed by atoms with Crippen LogP contribution in [0.25, 0.3) is 0 Å². The van der Waals surface area contributed by atoms with E-state index in [1.54, 1.807) is 0 Å². The molecule has 0 saturated heterocycles. The monoisotopic (exact) mass is 340 g/mol. The van der Waals surface area contributed by atoms with Gasteiger partial charge in [0.1, 0.15) is 11.6 Å². The van der Waals surface area contributed by atoms with Crippen molar-refractivity contribution in [2.45, 2.75) is 64.7 Å². The molecule has 128 valence electrons. The molecule has 1 aromatic rings. The summed E-state index contributed by atoms with van der Waals surface area (Å²) in [6.45, 7) is 2.24. The van der Waals surface area contributed by atoms with Gasteiger partial charge in [-0.15, -0.1) is 0 Å². The normalized spacial score (nSPS) is 21.2. The summed E-state index contributed by atoms with van der Waals surface area (Å²) in [6.07, 6.45) is 10.3. The molecule has 0 N–H and O–H groups in total. The van der Waals surface area contributed by atoms with E-state index in [0.717, 1.165) is 18.4 Å². The Balaban J connectivity index is 1.68. The number of carbonyl (C=O) groups is 1. The van der Waals surface area contributed by atoms with Gasteiger partial charge < -0.3 is 4.74 Å². The average Bonchev–Trinajstić information content (AvgIpc) is 2.55. The van der Waals surface area contributed by atoms with Crippen molar-refractivity contribution in [3.05, 3.63) is 29.0 Å². The Morgan fingerprint density at radius 2 is 1.87 bits per heavy atom. The van der Waals surface area contributed by atoms with Crippen LogP contribution in [0.4, 0.5) is 4.39 Å². The standard InChI is InChI=1S/C19H26ClFO2/c1-2-3-4-14-5-7-15(8-6-14)9-12-19(22)23-16-10-11-17(20)18(21)13-16/h10-11,13-15H,2-9,12H2,1H3/t14-,15-. The lowest BCUT2D eigenvalue weighted by molar-refractivity contribution is -0.134. The number of hydrogen-bond donors (Lipinski definition) is 0. The maximum absolute atomic E-state index is 13.3. The number of hydrogen-bond acceptors (Lipinski definition) is 2. The van der Waals surface area contributed by atoms with Gasteiger partial charge in [0.25, 0.3) is 0 Å². The predicted molar refractivity (Wildman–Crippen MR) is 91.3 cm³/mol. The van der Waals surface area contributed by atoms with E-state index in [-0.39, 0.29) is 16.7 Å². The molecule has 4 heteroatoms. The van der Waals surface area contributed by atoms with Gasteiger partial charge in [0.2, 0.25) is 0 Å². The summed E-state index contributed by atoms with van der Waals surface area (Å²) in [5.74, 6) is 0.875. The van der Waals surface area contributed by atoms with E-state index in [9.17, 15) is 9.18 Å². The van der Waals surface area contributed by atoms with E-state index >= 15 is 0 Å². The van der Waals surface area contributed by atoms with Crippen LogP contribution in [0.3, 0.4) is 0 Å². The van der Waals surface area contributed by atoms with Crippen molar-refractivity contribution >= 4 is 17.6 Å². The fourth-order valence-corrected chi connectivity index (χ4v) is 3.46. The highest BCUT2D eigenvalue weighted by molar-refractivity contribution is 6.30. The van der Waals surface area contributed by atoms with Crippen molar-refractivity contribution in [1.82, 2.24) is 0 Å². The van der Waals surface area contributed by atoms with Gasteiger partial charge in [-0.25, -0.2) is 4.39 Å². The number of carbonyl (C=O) groups excluding carboxylic acids is 1. The van der Waals surface area contributed by atoms with Gasteiger partial charge in [-0.2, -0.15) is 0 Å². The third-order valence-electron chi connectivity index (χ3n) is 4.81. The smallest absolute Gasteiger partial charge is 0.311 e. The van der Waals surface area contributed by atoms with Crippen LogP contribution in [0.2, 0.25) is 5.02 Å². The number of unbranched alkanes of at least 4 members (excludes halogenated alkanes) is 1. The number of halogens is 2. The second-order valence-corrected chi connectivity index (χ2v) is 7.02. The van der Waals surface area contributed by atoms with Gasteiger partial charge in [-0.05, 0) is 30.4 Å². The van der Waals surface area contributed by atoms with Crippen molar-refractivity contribution < 1.29 is 13.9 Å². The molecule has 2 rings (SSSR count). The third kappa shape index (κ3) is 6.14. The van der Waals surface area contributed by atoms with Gasteiger partial charge in [0.05, 0.1) is 5.02 Å². The zero-order valence-electron chi connectivity index (χ0n) is 13.8. The molecule has 2 nitrogen and oxygen atoms in total. The number of esters is 1. The fraction of sp³-hybridized carbons (Fsp3) is 0.632. The molecule has 1 saturated carbocycles. The molecule has 0 unspecified atom stereocenters. The number of ether oxygens (including phenoxy) is 1. The van der Waals surface area contributed by atoms with Crippen molar-refractivity contribution in [3.8, 4) is 5.75 Å². The molecule has 0 aromatic heterocycles. The van der Waals surface area contributed by atoms with Crippen LogP contribution in [0, 0.1) is 17.7 Å². The molecule has 0 spiro atoms. The summed E-state index contributed by atoms with van der Waals surface area (Å²) in [4.78, 5) is 11.9. The molecule has 1 fully saturated rings. The van der Waals surface area contributed by atoms with Crippen LogP contribution in [0.1, 0.15) is 64.7 Å². The molecular formula is C19H26ClFO2. The second kappa shape index (κ2) is 9.27. The summed E-state index contributed by atoms with van der Waals surface area (Å²) in [6, 6.07) is 4.07. The van der Waals surface area contributed by atoms with Gasteiger partial charge >= 0.3 is 5.97 Å². The Kier molecular flexibility index (Phi) is 7.35. The van der Waals surface area contributed by atoms with E-state index in [1.165, 1.54) is 57.1 Å². The first-order chi connectivity index (χ1) is 11.1. The lowest BCUT2D eigenvalue weighted by atomic mass is 9.78. The first-order valence-electron chi connectivity index (χ1n) is 8.74. The molecule has 0 atom stereocenters. The second-order valence-electron chi connectivity index (χ2n) is 6.62. The Hall–Kier alpha value is -1.09. The van der Waals surface area contributed by atoms with E-state index < -0.39 is 5.82 Å². The highest BCUT2D eigenvalue weighted by Gasteiger charge is 2.21. The fourth-order valence-electron chi connectivity index (χ4n) is 3.35. The van der Waals surface area contributed by atoms with Gasteiger partial charge in [-0.1, -0.05) is 63.5 Å². The minimum Gasteiger partial charge on any atom is -0.426 e. The minimum atomic E-state index is -0.567. The van der Waals surface area contributed by atoms with Crippen LogP contribution in [0.5, 0.6) is 5.75 Å². The molecule has 1 aliphatic rings. The Bertz CT molecular complexity index is 510. The maximum atomic E-state index is 13.3. The molecular weight excluding hydrogens is 315 g/mol. The third-order valence-corrected chi connectivity index (χ3v) is 5.12. The highest BCUT2D eigenvalue weighted by atomic mass is 35.5. The maximum Gasteiger partial charge on any atom is 0.311 e. The van der Waals surface area contributed by atoms with E-state index in [2.05, 4.69) is 6.92 Å². The van der Waals surface area contributed by atoms with Crippen molar-refractivity contribution in [1.29, 1.82) is 0 Å². The molecule has 1 aromatic carbocycles. The zero-order chi connectivity index (χ0) is 16.7. The largest absolute Gasteiger partial charge is 0.426 e. The van der Waals surface area contributed by atoms with Gasteiger partial charge in [0, 0.05) is 12.5 Å². The minimum absolute atomic E-state index is 0.0321. The Labute approximate surface area is 143 Å². The van der Waals surface area contributed by atoms with Crippen LogP contribution in [0.15, 0.2) is 18.2 Å². The summed E-state index contributed by atoms with van der Waals surface area (Å²) in [5.41, 5.74) is 0. The van der Waals surface area contributed by atoms with Crippen LogP contribution >= 0.6 is 11.6 Å². The lowest BCUT2D eigenvalue weighted by Gasteiger charge is -2.28. The van der Waals surface area contributed by atoms with E-state index in [4.69, 9.17) is 16.3 Å². The van der Waals surface area contributed by atoms with Gasteiger partial charge in [-0.3, -0.25) is 4.79 Å². The molecule has 0 heterocycles. The molecule has 0 radical (unpaired) electrons. The predicted octanol–water partition coefficient (Wildman–Crippen LogP) is 6.16. The molecule has 0 amide bonds. The van der Waals surface area contributed by atoms with Gasteiger partial charge in [0.15, 0.2) is 0 Å². The molecule has 0 bridgehead atoms. The van der Waals surface area contributed by atoms with Crippen molar-refractivity contribution in [2.24, 2.45) is 11.8 Å².